The maximum atomic E-state index is 2.48. The summed E-state index contributed by atoms with van der Waals surface area (Å²) in [5, 5.41) is 22.1. The zero-order valence-electron chi connectivity index (χ0n) is 35.3. The molecule has 0 fully saturated rings. The van der Waals surface area contributed by atoms with Crippen LogP contribution in [0, 0.1) is 0 Å². The van der Waals surface area contributed by atoms with Crippen molar-refractivity contribution in [1.29, 1.82) is 0 Å². The molecular formula is C56H36N4Se4. The number of hydrogen-bond acceptors (Lipinski definition) is 0. The van der Waals surface area contributed by atoms with E-state index in [1.54, 1.807) is 17.0 Å². The van der Waals surface area contributed by atoms with Crippen LogP contribution in [0.25, 0.3) is 145 Å². The first kappa shape index (κ1) is 36.8. The van der Waals surface area contributed by atoms with Crippen LogP contribution < -0.4 is 0 Å². The van der Waals surface area contributed by atoms with E-state index in [2.05, 4.69) is 190 Å². The van der Waals surface area contributed by atoms with Gasteiger partial charge in [-0.3, -0.25) is 0 Å². The van der Waals surface area contributed by atoms with Gasteiger partial charge in [0.1, 0.15) is 0 Å². The standard InChI is InChI=1S/2C28H18N2Se2/c1-29-23-11-19-13-25-15(3-5-31-25)7-17(19)9-21(23)28-27(29)22-10-18-8-16-4-6-32-26(16)14-20(18)12-24(22)30(28)2;1-29-5-3-15-7-17-9-21-25(13-19(17)11-23(15)29)31-28-22-10-18-8-16-4-6-30(2)24(16)12-20(18)14-26(22)32-27(21)28/h2*3-14H,1-2H3. The van der Waals surface area contributed by atoms with Gasteiger partial charge in [0.2, 0.25) is 0 Å². The Bertz CT molecular complexity index is 4420. The van der Waals surface area contributed by atoms with Gasteiger partial charge in [-0.2, -0.15) is 0 Å². The molecule has 0 radical (unpaired) electrons. The van der Waals surface area contributed by atoms with Crippen LogP contribution in [0.3, 0.4) is 0 Å². The molecule has 16 rings (SSSR count). The molecule has 0 spiro atoms. The van der Waals surface area contributed by atoms with Gasteiger partial charge in [-0.05, 0) is 0 Å². The van der Waals surface area contributed by atoms with Crippen molar-refractivity contribution in [1.82, 2.24) is 18.3 Å². The van der Waals surface area contributed by atoms with Gasteiger partial charge < -0.3 is 0 Å². The molecule has 64 heavy (non-hydrogen) atoms. The zero-order chi connectivity index (χ0) is 42.3. The van der Waals surface area contributed by atoms with Crippen molar-refractivity contribution in [3.63, 3.8) is 0 Å². The van der Waals surface area contributed by atoms with Crippen LogP contribution in [0.5, 0.6) is 0 Å². The first-order valence-corrected chi connectivity index (χ1v) is 28.7. The molecule has 16 aromatic rings. The molecule has 8 heterocycles. The van der Waals surface area contributed by atoms with Crippen molar-refractivity contribution in [2.24, 2.45) is 28.2 Å². The molecule has 0 aliphatic carbocycles. The summed E-state index contributed by atoms with van der Waals surface area (Å²) < 4.78 is 18.7. The van der Waals surface area contributed by atoms with Crippen LogP contribution in [0.2, 0.25) is 0 Å². The van der Waals surface area contributed by atoms with Crippen LogP contribution >= 0.6 is 0 Å². The Morgan fingerprint density at radius 1 is 0.312 bits per heavy atom. The van der Waals surface area contributed by atoms with Crippen molar-refractivity contribution in [3.05, 3.63) is 144 Å². The summed E-state index contributed by atoms with van der Waals surface area (Å²) in [6.07, 6.45) is 4.32. The molecule has 0 N–H and O–H groups in total. The number of rotatable bonds is 0. The summed E-state index contributed by atoms with van der Waals surface area (Å²) in [5.74, 6) is 0. The molecule has 8 aromatic carbocycles. The second-order valence-corrected chi connectivity index (χ2v) is 26.2. The molecule has 4 nitrogen and oxygen atoms in total. The molecule has 0 amide bonds. The van der Waals surface area contributed by atoms with Gasteiger partial charge >= 0.3 is 393 Å². The van der Waals surface area contributed by atoms with E-state index in [-0.39, 0.29) is 0 Å². The van der Waals surface area contributed by atoms with Gasteiger partial charge in [-0.25, -0.2) is 0 Å². The summed E-state index contributed by atoms with van der Waals surface area (Å²) in [6, 6.07) is 47.6. The van der Waals surface area contributed by atoms with Crippen molar-refractivity contribution in [2.45, 2.75) is 0 Å². The molecule has 8 heteroatoms. The number of fused-ring (bicyclic) bond motifs is 18. The Hall–Kier alpha value is -5.48. The van der Waals surface area contributed by atoms with Gasteiger partial charge in [0.25, 0.3) is 0 Å². The number of benzene rings is 8. The molecule has 0 bridgehead atoms. The Morgan fingerprint density at radius 3 is 1.11 bits per heavy atom. The van der Waals surface area contributed by atoms with Gasteiger partial charge in [0, 0.05) is 0 Å². The topological polar surface area (TPSA) is 19.7 Å². The summed E-state index contributed by atoms with van der Waals surface area (Å²) in [4.78, 5) is 4.66. The fraction of sp³-hybridized carbons (Fsp3) is 0.0714. The molecule has 0 saturated heterocycles. The normalized spacial score (nSPS) is 12.7. The van der Waals surface area contributed by atoms with E-state index in [4.69, 9.17) is 0 Å². The monoisotopic (exact) mass is 1080 g/mol. The average Bonchev–Trinajstić information content (AvgIpc) is 4.19. The number of aromatic nitrogens is 4. The Morgan fingerprint density at radius 2 is 0.672 bits per heavy atom. The summed E-state index contributed by atoms with van der Waals surface area (Å²) in [7, 11) is 8.73. The maximum absolute atomic E-state index is 2.48. The molecule has 304 valence electrons. The van der Waals surface area contributed by atoms with Crippen LogP contribution in [-0.4, -0.2) is 76.3 Å². The van der Waals surface area contributed by atoms with Crippen molar-refractivity contribution in [3.8, 4) is 0 Å². The fourth-order valence-electron chi connectivity index (χ4n) is 10.9. The number of nitrogens with zero attached hydrogens (tertiary/aromatic N) is 4. The Labute approximate surface area is 389 Å². The fourth-order valence-corrected chi connectivity index (χ4v) is 20.7. The second-order valence-electron chi connectivity index (χ2n) is 17.8. The minimum absolute atomic E-state index is 0.388. The van der Waals surface area contributed by atoms with Crippen molar-refractivity contribution < 1.29 is 0 Å². The quantitative estimate of drug-likeness (QED) is 0.135. The molecule has 0 saturated carbocycles. The second kappa shape index (κ2) is 13.1. The Balaban J connectivity index is 0.000000119. The van der Waals surface area contributed by atoms with E-state index in [0.29, 0.717) is 58.0 Å². The average molecular weight is 1080 g/mol. The van der Waals surface area contributed by atoms with Gasteiger partial charge in [-0.1, -0.05) is 0 Å². The molecule has 0 aliphatic heterocycles. The van der Waals surface area contributed by atoms with E-state index in [0.717, 1.165) is 0 Å². The third kappa shape index (κ3) is 5.12. The third-order valence-electron chi connectivity index (χ3n) is 14.2. The molecule has 8 aromatic heterocycles. The first-order chi connectivity index (χ1) is 31.3. The van der Waals surface area contributed by atoms with E-state index < -0.39 is 0 Å². The van der Waals surface area contributed by atoms with E-state index in [1.165, 1.54) is 128 Å². The van der Waals surface area contributed by atoms with E-state index >= 15 is 0 Å². The van der Waals surface area contributed by atoms with Crippen molar-refractivity contribution in [2.75, 3.05) is 0 Å². The molecule has 0 aliphatic rings. The first-order valence-electron chi connectivity index (χ1n) is 21.6. The minimum atomic E-state index is 0.388. The Kier molecular flexibility index (Phi) is 7.52. The third-order valence-corrected chi connectivity index (χ3v) is 23.5. The van der Waals surface area contributed by atoms with E-state index in [1.807, 2.05) is 0 Å². The van der Waals surface area contributed by atoms with Crippen LogP contribution in [-0.2, 0) is 28.2 Å². The SMILES string of the molecule is Cn1c2cc3cc4[se]ccc4cc3cc2c2c1c1cc3cc4cc[se]c4cc3cc1n2C.Cn1ccc2cc3cc4c(cc3cc21)[se]c1c2cc3cc5ccn(C)c5cc3cc2[se]c41. The molecule has 0 atom stereocenters. The van der Waals surface area contributed by atoms with Crippen LogP contribution in [0.1, 0.15) is 0 Å². The van der Waals surface area contributed by atoms with E-state index in [9.17, 15) is 0 Å². The molecular weight excluding hydrogens is 1040 g/mol. The molecule has 0 unspecified atom stereocenters. The predicted molar refractivity (Wildman–Crippen MR) is 282 cm³/mol. The van der Waals surface area contributed by atoms with Gasteiger partial charge in [0.15, 0.2) is 0 Å². The van der Waals surface area contributed by atoms with Gasteiger partial charge in [-0.15, -0.1) is 0 Å². The van der Waals surface area contributed by atoms with Crippen LogP contribution in [0.4, 0.5) is 0 Å². The number of hydrogen-bond donors (Lipinski definition) is 0. The number of aryl methyl sites for hydroxylation is 4. The summed E-state index contributed by atoms with van der Waals surface area (Å²) in [6.45, 7) is 0. The predicted octanol–water partition coefficient (Wildman–Crippen LogP) is 13.1. The zero-order valence-corrected chi connectivity index (χ0v) is 42.1. The van der Waals surface area contributed by atoms with Crippen LogP contribution in [0.15, 0.2) is 144 Å². The van der Waals surface area contributed by atoms with Gasteiger partial charge in [0.05, 0.1) is 0 Å². The summed E-state index contributed by atoms with van der Waals surface area (Å²) in [5.41, 5.74) is 7.95. The van der Waals surface area contributed by atoms with Crippen molar-refractivity contribution >= 4 is 203 Å². The summed E-state index contributed by atoms with van der Waals surface area (Å²) >= 11 is 1.73.